The van der Waals surface area contributed by atoms with Gasteiger partial charge in [0.1, 0.15) is 0 Å². The third-order valence-electron chi connectivity index (χ3n) is 4.89. The molecule has 2 aromatic carbocycles. The number of carbonyl (C=O) groups is 1. The van der Waals surface area contributed by atoms with E-state index >= 15 is 0 Å². The van der Waals surface area contributed by atoms with E-state index in [4.69, 9.17) is 4.74 Å². The van der Waals surface area contributed by atoms with Crippen LogP contribution in [0.1, 0.15) is 28.3 Å². The van der Waals surface area contributed by atoms with Gasteiger partial charge in [0, 0.05) is 19.6 Å². The molecule has 1 atom stereocenters. The van der Waals surface area contributed by atoms with Crippen LogP contribution in [0.15, 0.2) is 48.5 Å². The smallest absolute Gasteiger partial charge is 0.224 e. The van der Waals surface area contributed by atoms with Gasteiger partial charge in [0.2, 0.25) is 5.91 Å². The van der Waals surface area contributed by atoms with Gasteiger partial charge in [-0.2, -0.15) is 0 Å². The van der Waals surface area contributed by atoms with Crippen LogP contribution in [-0.4, -0.2) is 43.7 Å². The van der Waals surface area contributed by atoms with Gasteiger partial charge in [0.15, 0.2) is 0 Å². The molecular weight excluding hydrogens is 324 g/mol. The van der Waals surface area contributed by atoms with E-state index < -0.39 is 0 Å². The van der Waals surface area contributed by atoms with Gasteiger partial charge in [-0.15, -0.1) is 0 Å². The van der Waals surface area contributed by atoms with Crippen molar-refractivity contribution in [1.29, 1.82) is 0 Å². The van der Waals surface area contributed by atoms with Gasteiger partial charge in [-0.25, -0.2) is 0 Å². The largest absolute Gasteiger partial charge is 0.379 e. The lowest BCUT2D eigenvalue weighted by molar-refractivity contribution is -0.120. The van der Waals surface area contributed by atoms with E-state index in [9.17, 15) is 4.79 Å². The van der Waals surface area contributed by atoms with Gasteiger partial charge in [-0.05, 0) is 25.0 Å². The van der Waals surface area contributed by atoms with Crippen molar-refractivity contribution < 1.29 is 9.53 Å². The Hall–Kier alpha value is -2.17. The number of morpholine rings is 1. The number of rotatable bonds is 6. The molecule has 138 valence electrons. The molecule has 0 spiro atoms. The number of nitrogens with zero attached hydrogens (tertiary/aromatic N) is 1. The van der Waals surface area contributed by atoms with Gasteiger partial charge in [0.25, 0.3) is 0 Å². The standard InChI is InChI=1S/C22H28N2O2/c1-17-6-8-19(9-7-17)15-22(25)23-16-21(24-10-12-26-13-11-24)20-5-3-4-18(2)14-20/h3-9,14,21H,10-13,15-16H2,1-2H3,(H,23,25). The molecule has 4 heteroatoms. The van der Waals surface area contributed by atoms with Crippen molar-refractivity contribution >= 4 is 5.91 Å². The van der Waals surface area contributed by atoms with Crippen LogP contribution in [0.3, 0.4) is 0 Å². The van der Waals surface area contributed by atoms with E-state index in [0.29, 0.717) is 13.0 Å². The SMILES string of the molecule is Cc1ccc(CC(=O)NCC(c2cccc(C)c2)N2CCOCC2)cc1. The average Bonchev–Trinajstić information content (AvgIpc) is 2.65. The zero-order chi connectivity index (χ0) is 18.4. The van der Waals surface area contributed by atoms with E-state index in [2.05, 4.69) is 48.3 Å². The molecular formula is C22H28N2O2. The maximum atomic E-state index is 12.4. The molecule has 1 aliphatic rings. The molecule has 2 aromatic rings. The predicted octanol–water partition coefficient (Wildman–Crippen LogP) is 3.04. The van der Waals surface area contributed by atoms with Crippen molar-refractivity contribution in [3.63, 3.8) is 0 Å². The number of benzene rings is 2. The molecule has 0 bridgehead atoms. The van der Waals surface area contributed by atoms with Gasteiger partial charge in [0.05, 0.1) is 25.7 Å². The number of nitrogens with one attached hydrogen (secondary N) is 1. The minimum Gasteiger partial charge on any atom is -0.379 e. The van der Waals surface area contributed by atoms with Crippen molar-refractivity contribution in [2.45, 2.75) is 26.3 Å². The summed E-state index contributed by atoms with van der Waals surface area (Å²) < 4.78 is 5.49. The first kappa shape index (κ1) is 18.6. The van der Waals surface area contributed by atoms with Gasteiger partial charge in [-0.1, -0.05) is 59.7 Å². The molecule has 1 N–H and O–H groups in total. The lowest BCUT2D eigenvalue weighted by Gasteiger charge is -2.35. The van der Waals surface area contributed by atoms with Crippen LogP contribution < -0.4 is 5.32 Å². The van der Waals surface area contributed by atoms with Crippen LogP contribution in [0.25, 0.3) is 0 Å². The fourth-order valence-corrected chi connectivity index (χ4v) is 3.39. The van der Waals surface area contributed by atoms with Crippen LogP contribution in [0, 0.1) is 13.8 Å². The summed E-state index contributed by atoms with van der Waals surface area (Å²) in [5.74, 6) is 0.0692. The lowest BCUT2D eigenvalue weighted by atomic mass is 10.0. The van der Waals surface area contributed by atoms with Crippen molar-refractivity contribution in [1.82, 2.24) is 10.2 Å². The summed E-state index contributed by atoms with van der Waals surface area (Å²) in [4.78, 5) is 14.8. The monoisotopic (exact) mass is 352 g/mol. The molecule has 1 heterocycles. The maximum Gasteiger partial charge on any atom is 0.224 e. The van der Waals surface area contributed by atoms with Crippen LogP contribution >= 0.6 is 0 Å². The number of ether oxygens (including phenoxy) is 1. The Kier molecular flexibility index (Phi) is 6.42. The van der Waals surface area contributed by atoms with Crippen molar-refractivity contribution in [3.8, 4) is 0 Å². The van der Waals surface area contributed by atoms with Crippen LogP contribution in [0.2, 0.25) is 0 Å². The Bertz CT molecular complexity index is 721. The zero-order valence-electron chi connectivity index (χ0n) is 15.7. The fourth-order valence-electron chi connectivity index (χ4n) is 3.39. The molecule has 3 rings (SSSR count). The molecule has 0 aliphatic carbocycles. The molecule has 1 aliphatic heterocycles. The third kappa shape index (κ3) is 5.16. The summed E-state index contributed by atoms with van der Waals surface area (Å²) in [6, 6.07) is 16.9. The predicted molar refractivity (Wildman–Crippen MR) is 104 cm³/mol. The highest BCUT2D eigenvalue weighted by atomic mass is 16.5. The average molecular weight is 352 g/mol. The molecule has 1 saturated heterocycles. The first-order chi connectivity index (χ1) is 12.6. The topological polar surface area (TPSA) is 41.6 Å². The molecule has 1 unspecified atom stereocenters. The highest BCUT2D eigenvalue weighted by Gasteiger charge is 2.23. The minimum absolute atomic E-state index is 0.0692. The first-order valence-electron chi connectivity index (χ1n) is 9.32. The molecule has 1 fully saturated rings. The van der Waals surface area contributed by atoms with Crippen LogP contribution in [-0.2, 0) is 16.0 Å². The Balaban J connectivity index is 1.65. The van der Waals surface area contributed by atoms with E-state index in [1.54, 1.807) is 0 Å². The summed E-state index contributed by atoms with van der Waals surface area (Å²) in [5.41, 5.74) is 4.75. The quantitative estimate of drug-likeness (QED) is 0.869. The number of aryl methyl sites for hydroxylation is 2. The first-order valence-corrected chi connectivity index (χ1v) is 9.32. The summed E-state index contributed by atoms with van der Waals surface area (Å²) in [6.07, 6.45) is 0.421. The molecule has 0 saturated carbocycles. The second kappa shape index (κ2) is 8.97. The second-order valence-corrected chi connectivity index (χ2v) is 7.04. The van der Waals surface area contributed by atoms with E-state index in [1.807, 2.05) is 24.3 Å². The van der Waals surface area contributed by atoms with E-state index in [-0.39, 0.29) is 11.9 Å². The highest BCUT2D eigenvalue weighted by molar-refractivity contribution is 5.78. The Morgan fingerprint density at radius 2 is 1.81 bits per heavy atom. The van der Waals surface area contributed by atoms with Crippen molar-refractivity contribution in [2.75, 3.05) is 32.8 Å². The molecule has 26 heavy (non-hydrogen) atoms. The number of amides is 1. The van der Waals surface area contributed by atoms with E-state index in [0.717, 1.165) is 31.9 Å². The highest BCUT2D eigenvalue weighted by Crippen LogP contribution is 2.22. The molecule has 0 aromatic heterocycles. The third-order valence-corrected chi connectivity index (χ3v) is 4.89. The zero-order valence-corrected chi connectivity index (χ0v) is 15.7. The Morgan fingerprint density at radius 3 is 2.50 bits per heavy atom. The van der Waals surface area contributed by atoms with Gasteiger partial charge in [-0.3, -0.25) is 9.69 Å². The van der Waals surface area contributed by atoms with E-state index in [1.165, 1.54) is 16.7 Å². The maximum absolute atomic E-state index is 12.4. The Labute approximate surface area is 156 Å². The van der Waals surface area contributed by atoms with Gasteiger partial charge < -0.3 is 10.1 Å². The molecule has 0 radical (unpaired) electrons. The van der Waals surface area contributed by atoms with Crippen molar-refractivity contribution in [2.24, 2.45) is 0 Å². The summed E-state index contributed by atoms with van der Waals surface area (Å²) >= 11 is 0. The van der Waals surface area contributed by atoms with Gasteiger partial charge >= 0.3 is 0 Å². The summed E-state index contributed by atoms with van der Waals surface area (Å²) in [5, 5.41) is 3.14. The number of hydrogen-bond donors (Lipinski definition) is 1. The normalized spacial score (nSPS) is 16.2. The number of carbonyl (C=O) groups excluding carboxylic acids is 1. The fraction of sp³-hybridized carbons (Fsp3) is 0.409. The Morgan fingerprint density at radius 1 is 1.08 bits per heavy atom. The van der Waals surface area contributed by atoms with Crippen LogP contribution in [0.5, 0.6) is 0 Å². The number of hydrogen-bond acceptors (Lipinski definition) is 3. The molecule has 1 amide bonds. The van der Waals surface area contributed by atoms with Crippen LogP contribution in [0.4, 0.5) is 0 Å². The van der Waals surface area contributed by atoms with Crippen molar-refractivity contribution in [3.05, 3.63) is 70.8 Å². The minimum atomic E-state index is 0.0692. The lowest BCUT2D eigenvalue weighted by Crippen LogP contribution is -2.44. The summed E-state index contributed by atoms with van der Waals surface area (Å²) in [7, 11) is 0. The summed E-state index contributed by atoms with van der Waals surface area (Å²) in [6.45, 7) is 8.07. The molecule has 4 nitrogen and oxygen atoms in total. The second-order valence-electron chi connectivity index (χ2n) is 7.04.